The highest BCUT2D eigenvalue weighted by Crippen LogP contribution is 2.32. The third-order valence-electron chi connectivity index (χ3n) is 3.67. The van der Waals surface area contributed by atoms with Gasteiger partial charge in [0.2, 0.25) is 5.91 Å². The molecule has 7 heteroatoms. The molecule has 1 fully saturated rings. The molecule has 2 atom stereocenters. The van der Waals surface area contributed by atoms with Crippen LogP contribution in [-0.4, -0.2) is 11.9 Å². The molecule has 0 spiro atoms. The number of rotatable bonds is 3. The van der Waals surface area contributed by atoms with Gasteiger partial charge in [-0.3, -0.25) is 4.79 Å². The maximum absolute atomic E-state index is 13.1. The second-order valence-electron chi connectivity index (χ2n) is 5.29. The van der Waals surface area contributed by atoms with Gasteiger partial charge in [0.1, 0.15) is 5.82 Å². The Morgan fingerprint density at radius 2 is 2.05 bits per heavy atom. The second kappa shape index (κ2) is 6.01. The molecule has 0 radical (unpaired) electrons. The molecule has 0 aromatic heterocycles. The second-order valence-corrected chi connectivity index (χ2v) is 5.29. The van der Waals surface area contributed by atoms with E-state index in [1.807, 2.05) is 0 Å². The quantitative estimate of drug-likeness (QED) is 0.843. The number of carbonyl (C=O) groups is 1. The number of hydrogen-bond donors (Lipinski definition) is 2. The lowest BCUT2D eigenvalue weighted by molar-refractivity contribution is -0.138. The molecule has 0 unspecified atom stereocenters. The number of carbonyl (C=O) groups excluding carboxylic acids is 1. The summed E-state index contributed by atoms with van der Waals surface area (Å²) in [5, 5.41) is 2.44. The van der Waals surface area contributed by atoms with Gasteiger partial charge < -0.3 is 11.1 Å². The van der Waals surface area contributed by atoms with E-state index in [0.29, 0.717) is 18.9 Å². The zero-order valence-corrected chi connectivity index (χ0v) is 11.2. The average molecular weight is 304 g/mol. The highest BCUT2D eigenvalue weighted by Gasteiger charge is 2.34. The van der Waals surface area contributed by atoms with Crippen molar-refractivity contribution in [1.29, 1.82) is 0 Å². The number of alkyl halides is 3. The predicted molar refractivity (Wildman–Crippen MR) is 68.6 cm³/mol. The third kappa shape index (κ3) is 3.93. The van der Waals surface area contributed by atoms with Gasteiger partial charge in [-0.2, -0.15) is 13.2 Å². The minimum Gasteiger partial charge on any atom is -0.352 e. The van der Waals surface area contributed by atoms with E-state index in [1.54, 1.807) is 0 Å². The Labute approximate surface area is 119 Å². The summed E-state index contributed by atoms with van der Waals surface area (Å²) < 4.78 is 51.5. The lowest BCUT2D eigenvalue weighted by Crippen LogP contribution is -2.30. The van der Waals surface area contributed by atoms with Crippen LogP contribution in [0.4, 0.5) is 17.6 Å². The highest BCUT2D eigenvalue weighted by atomic mass is 19.4. The molecule has 3 N–H and O–H groups in total. The first kappa shape index (κ1) is 15.8. The van der Waals surface area contributed by atoms with E-state index in [1.165, 1.54) is 0 Å². The number of amides is 1. The zero-order valence-electron chi connectivity index (χ0n) is 11.2. The van der Waals surface area contributed by atoms with Crippen LogP contribution < -0.4 is 11.1 Å². The summed E-state index contributed by atoms with van der Waals surface area (Å²) in [6, 6.07) is 2.19. The van der Waals surface area contributed by atoms with Gasteiger partial charge in [0.05, 0.1) is 5.56 Å². The van der Waals surface area contributed by atoms with Crippen LogP contribution in [0.2, 0.25) is 0 Å². The normalized spacial score (nSPS) is 22.3. The van der Waals surface area contributed by atoms with E-state index in [4.69, 9.17) is 5.73 Å². The van der Waals surface area contributed by atoms with Gasteiger partial charge in [0, 0.05) is 18.5 Å². The van der Waals surface area contributed by atoms with E-state index in [9.17, 15) is 22.4 Å². The predicted octanol–water partition coefficient (Wildman–Crippen LogP) is 2.59. The minimum atomic E-state index is -4.58. The Balaban J connectivity index is 2.06. The molecule has 2 rings (SSSR count). The first-order valence-electron chi connectivity index (χ1n) is 6.66. The summed E-state index contributed by atoms with van der Waals surface area (Å²) in [5.41, 5.74) is 4.48. The summed E-state index contributed by atoms with van der Waals surface area (Å²) in [4.78, 5) is 11.9. The fraction of sp³-hybridized carbons (Fsp3) is 0.500. The standard InChI is InChI=1S/C14H16F4N2O/c15-10-2-4-12(14(16,17)18)9(5-10)7-20-13(21)8-1-3-11(19)6-8/h2,4-5,8,11H,1,3,6-7,19H2,(H,20,21)/t8-,11+/m1/s1. The van der Waals surface area contributed by atoms with Crippen LogP contribution in [0.15, 0.2) is 18.2 Å². The van der Waals surface area contributed by atoms with Gasteiger partial charge in [-0.1, -0.05) is 0 Å². The van der Waals surface area contributed by atoms with Crippen LogP contribution in [0, 0.1) is 11.7 Å². The first-order chi connectivity index (χ1) is 9.77. The molecule has 21 heavy (non-hydrogen) atoms. The smallest absolute Gasteiger partial charge is 0.352 e. The number of nitrogens with two attached hydrogens (primary N) is 1. The maximum Gasteiger partial charge on any atom is 0.416 e. The lowest BCUT2D eigenvalue weighted by Gasteiger charge is -2.15. The molecular formula is C14H16F4N2O. The molecule has 0 saturated heterocycles. The number of nitrogens with one attached hydrogen (secondary N) is 1. The molecule has 116 valence electrons. The van der Waals surface area contributed by atoms with Crippen LogP contribution >= 0.6 is 0 Å². The Hall–Kier alpha value is -1.63. The van der Waals surface area contributed by atoms with Gasteiger partial charge in [0.25, 0.3) is 0 Å². The molecule has 1 aliphatic carbocycles. The van der Waals surface area contributed by atoms with Crippen molar-refractivity contribution in [2.24, 2.45) is 11.7 Å². The Kier molecular flexibility index (Phi) is 4.51. The average Bonchev–Trinajstić information content (AvgIpc) is 2.81. The van der Waals surface area contributed by atoms with Crippen molar-refractivity contribution in [3.8, 4) is 0 Å². The van der Waals surface area contributed by atoms with Crippen molar-refractivity contribution in [3.05, 3.63) is 35.1 Å². The van der Waals surface area contributed by atoms with Crippen LogP contribution in [0.5, 0.6) is 0 Å². The van der Waals surface area contributed by atoms with E-state index in [-0.39, 0.29) is 30.0 Å². The van der Waals surface area contributed by atoms with Crippen LogP contribution in [0.1, 0.15) is 30.4 Å². The van der Waals surface area contributed by atoms with Gasteiger partial charge >= 0.3 is 6.18 Å². The Bertz CT molecular complexity index is 530. The molecule has 3 nitrogen and oxygen atoms in total. The monoisotopic (exact) mass is 304 g/mol. The molecule has 1 saturated carbocycles. The van der Waals surface area contributed by atoms with Crippen molar-refractivity contribution < 1.29 is 22.4 Å². The largest absolute Gasteiger partial charge is 0.416 e. The molecular weight excluding hydrogens is 288 g/mol. The van der Waals surface area contributed by atoms with Crippen molar-refractivity contribution in [2.75, 3.05) is 0 Å². The first-order valence-corrected chi connectivity index (χ1v) is 6.66. The topological polar surface area (TPSA) is 55.1 Å². The molecule has 0 aliphatic heterocycles. The van der Waals surface area contributed by atoms with E-state index < -0.39 is 17.6 Å². The SMILES string of the molecule is N[C@H]1CC[C@@H](C(=O)NCc2cc(F)ccc2C(F)(F)F)C1. The molecule has 1 aliphatic rings. The lowest BCUT2D eigenvalue weighted by atomic mass is 10.0. The van der Waals surface area contributed by atoms with Crippen molar-refractivity contribution >= 4 is 5.91 Å². The molecule has 1 aromatic carbocycles. The van der Waals surface area contributed by atoms with Gasteiger partial charge in [-0.25, -0.2) is 4.39 Å². The summed E-state index contributed by atoms with van der Waals surface area (Å²) >= 11 is 0. The zero-order chi connectivity index (χ0) is 15.6. The minimum absolute atomic E-state index is 0.0411. The van der Waals surface area contributed by atoms with Crippen LogP contribution in [0.25, 0.3) is 0 Å². The number of hydrogen-bond acceptors (Lipinski definition) is 2. The maximum atomic E-state index is 13.1. The Morgan fingerprint density at radius 1 is 1.33 bits per heavy atom. The molecule has 1 amide bonds. The fourth-order valence-electron chi connectivity index (χ4n) is 2.57. The number of benzene rings is 1. The van der Waals surface area contributed by atoms with Gasteiger partial charge in [-0.15, -0.1) is 0 Å². The molecule has 0 bridgehead atoms. The fourth-order valence-corrected chi connectivity index (χ4v) is 2.57. The van der Waals surface area contributed by atoms with Gasteiger partial charge in [-0.05, 0) is 43.0 Å². The van der Waals surface area contributed by atoms with Crippen LogP contribution in [-0.2, 0) is 17.5 Å². The van der Waals surface area contributed by atoms with Crippen LogP contribution in [0.3, 0.4) is 0 Å². The Morgan fingerprint density at radius 3 is 2.62 bits per heavy atom. The van der Waals surface area contributed by atoms with Crippen molar-refractivity contribution in [2.45, 2.75) is 38.0 Å². The van der Waals surface area contributed by atoms with Crippen molar-refractivity contribution in [1.82, 2.24) is 5.32 Å². The highest BCUT2D eigenvalue weighted by molar-refractivity contribution is 5.79. The summed E-state index contributed by atoms with van der Waals surface area (Å²) in [5.74, 6) is -1.38. The van der Waals surface area contributed by atoms with E-state index in [0.717, 1.165) is 18.6 Å². The summed E-state index contributed by atoms with van der Waals surface area (Å²) in [6.07, 6.45) is -2.70. The van der Waals surface area contributed by atoms with E-state index in [2.05, 4.69) is 5.32 Å². The number of halogens is 4. The molecule has 1 aromatic rings. The summed E-state index contributed by atoms with van der Waals surface area (Å²) in [7, 11) is 0. The molecule has 0 heterocycles. The summed E-state index contributed by atoms with van der Waals surface area (Å²) in [6.45, 7) is -0.350. The third-order valence-corrected chi connectivity index (χ3v) is 3.67. The van der Waals surface area contributed by atoms with Gasteiger partial charge in [0.15, 0.2) is 0 Å². The van der Waals surface area contributed by atoms with Crippen molar-refractivity contribution in [3.63, 3.8) is 0 Å². The van der Waals surface area contributed by atoms with E-state index >= 15 is 0 Å².